The Balaban J connectivity index is 2.09. The summed E-state index contributed by atoms with van der Waals surface area (Å²) in [5.41, 5.74) is -1.00. The lowest BCUT2D eigenvalue weighted by molar-refractivity contribution is -0.128. The van der Waals surface area contributed by atoms with E-state index < -0.39 is 32.0 Å². The number of halogens is 3. The molecule has 1 amide bonds. The van der Waals surface area contributed by atoms with Gasteiger partial charge in [-0.15, -0.1) is 0 Å². The molecule has 2 aromatic rings. The number of anilines is 1. The Kier molecular flexibility index (Phi) is 5.87. The molecule has 2 aromatic carbocycles. The first-order chi connectivity index (χ1) is 12.0. The minimum Gasteiger partial charge on any atom is -0.478 e. The Morgan fingerprint density at radius 1 is 1.08 bits per heavy atom. The van der Waals surface area contributed by atoms with Crippen molar-refractivity contribution < 1.29 is 26.7 Å². The molecule has 5 nitrogen and oxygen atoms in total. The molecule has 0 aliphatic carbocycles. The number of hydrogen-bond acceptors (Lipinski definition) is 4. The van der Waals surface area contributed by atoms with E-state index in [4.69, 9.17) is 16.3 Å². The number of benzene rings is 2. The summed E-state index contributed by atoms with van der Waals surface area (Å²) in [6, 6.07) is 10.9. The summed E-state index contributed by atoms with van der Waals surface area (Å²) in [6.45, 7) is 3.10. The van der Waals surface area contributed by atoms with Crippen molar-refractivity contribution in [1.29, 1.82) is 0 Å². The highest BCUT2D eigenvalue weighted by atomic mass is 35.5. The van der Waals surface area contributed by atoms with Crippen molar-refractivity contribution in [3.63, 3.8) is 0 Å². The molecule has 0 fully saturated rings. The number of carbonyl (C=O) groups excluding carboxylic acids is 1. The minimum absolute atomic E-state index is 0.246. The van der Waals surface area contributed by atoms with Crippen molar-refractivity contribution in [2.75, 3.05) is 5.32 Å². The number of ether oxygens (including phenoxy) is 1. The van der Waals surface area contributed by atoms with E-state index in [9.17, 15) is 22.0 Å². The zero-order valence-electron chi connectivity index (χ0n) is 13.9. The van der Waals surface area contributed by atoms with E-state index in [1.807, 2.05) is 0 Å². The van der Waals surface area contributed by atoms with Gasteiger partial charge in [0.2, 0.25) is 9.84 Å². The van der Waals surface area contributed by atoms with Crippen molar-refractivity contribution in [2.45, 2.75) is 30.1 Å². The topological polar surface area (TPSA) is 72.5 Å². The van der Waals surface area contributed by atoms with E-state index in [-0.39, 0.29) is 5.69 Å². The summed E-state index contributed by atoms with van der Waals surface area (Å²) in [5, 5.41) is 3.08. The summed E-state index contributed by atoms with van der Waals surface area (Å²) in [5.74, 6) is -3.57. The lowest BCUT2D eigenvalue weighted by Crippen LogP contribution is -2.42. The maximum atomic E-state index is 12.5. The van der Waals surface area contributed by atoms with Crippen LogP contribution in [-0.2, 0) is 14.6 Å². The number of hydrogen-bond donors (Lipinski definition) is 1. The van der Waals surface area contributed by atoms with Crippen LogP contribution < -0.4 is 10.1 Å². The zero-order chi connectivity index (χ0) is 19.5. The van der Waals surface area contributed by atoms with E-state index in [2.05, 4.69) is 5.32 Å². The molecule has 2 rings (SSSR count). The third-order valence-corrected chi connectivity index (χ3v) is 5.06. The average molecular weight is 404 g/mol. The molecule has 0 aliphatic heterocycles. The Hall–Kier alpha value is -2.19. The van der Waals surface area contributed by atoms with Crippen LogP contribution in [0.25, 0.3) is 0 Å². The van der Waals surface area contributed by atoms with Crippen molar-refractivity contribution in [2.24, 2.45) is 0 Å². The molecule has 0 aromatic heterocycles. The molecule has 0 saturated carbocycles. The van der Waals surface area contributed by atoms with Gasteiger partial charge in [-0.25, -0.2) is 8.42 Å². The predicted molar refractivity (Wildman–Crippen MR) is 94.4 cm³/mol. The number of alkyl halides is 2. The molecule has 26 heavy (non-hydrogen) atoms. The van der Waals surface area contributed by atoms with Crippen LogP contribution in [0.5, 0.6) is 5.75 Å². The molecule has 0 radical (unpaired) electrons. The van der Waals surface area contributed by atoms with Crippen LogP contribution in [0.15, 0.2) is 53.4 Å². The predicted octanol–water partition coefficient (Wildman–Crippen LogP) is 4.13. The van der Waals surface area contributed by atoms with Gasteiger partial charge in [0.05, 0.1) is 4.90 Å². The van der Waals surface area contributed by atoms with Gasteiger partial charge in [0, 0.05) is 10.7 Å². The molecule has 140 valence electrons. The van der Waals surface area contributed by atoms with Crippen LogP contribution in [0.3, 0.4) is 0 Å². The van der Waals surface area contributed by atoms with Crippen LogP contribution in [-0.4, -0.2) is 25.7 Å². The molecule has 0 unspecified atom stereocenters. The van der Waals surface area contributed by atoms with E-state index in [1.54, 1.807) is 38.1 Å². The Morgan fingerprint density at radius 2 is 1.62 bits per heavy atom. The SMILES string of the molecule is CC(C)(Oc1ccc(Cl)cc1)C(=O)Nc1ccc(S(=O)(=O)C(F)F)cc1. The monoisotopic (exact) mass is 403 g/mol. The molecule has 0 atom stereocenters. The van der Waals surface area contributed by atoms with Crippen LogP contribution in [0, 0.1) is 0 Å². The standard InChI is InChI=1S/C17H16ClF2NO4S/c1-17(2,25-13-7-3-11(18)4-8-13)15(22)21-12-5-9-14(10-6-12)26(23,24)16(19)20/h3-10,16H,1-2H3,(H,21,22). The fourth-order valence-corrected chi connectivity index (χ4v) is 2.80. The second-order valence-electron chi connectivity index (χ2n) is 5.85. The first-order valence-corrected chi connectivity index (χ1v) is 9.33. The quantitative estimate of drug-likeness (QED) is 0.787. The van der Waals surface area contributed by atoms with Gasteiger partial charge in [-0.05, 0) is 62.4 Å². The first kappa shape index (κ1) is 20.1. The smallest absolute Gasteiger partial charge is 0.341 e. The lowest BCUT2D eigenvalue weighted by Gasteiger charge is -2.25. The Bertz CT molecular complexity index is 882. The average Bonchev–Trinajstić information content (AvgIpc) is 2.57. The van der Waals surface area contributed by atoms with E-state index in [0.29, 0.717) is 10.8 Å². The van der Waals surface area contributed by atoms with Gasteiger partial charge in [-0.1, -0.05) is 11.6 Å². The number of amides is 1. The number of carbonyl (C=O) groups is 1. The molecule has 9 heteroatoms. The largest absolute Gasteiger partial charge is 0.478 e. The first-order valence-electron chi connectivity index (χ1n) is 7.40. The third kappa shape index (κ3) is 4.70. The third-order valence-electron chi connectivity index (χ3n) is 3.41. The van der Waals surface area contributed by atoms with Gasteiger partial charge in [0.15, 0.2) is 5.60 Å². The molecular formula is C17H16ClF2NO4S. The van der Waals surface area contributed by atoms with Crippen LogP contribution in [0.2, 0.25) is 5.02 Å². The lowest BCUT2D eigenvalue weighted by atomic mass is 10.1. The summed E-state index contributed by atoms with van der Waals surface area (Å²) >= 11 is 5.79. The Labute approximate surface area is 154 Å². The molecule has 0 aliphatic rings. The van der Waals surface area contributed by atoms with Crippen LogP contribution >= 0.6 is 11.6 Å². The van der Waals surface area contributed by atoms with E-state index in [0.717, 1.165) is 12.1 Å². The molecular weight excluding hydrogens is 388 g/mol. The highest BCUT2D eigenvalue weighted by molar-refractivity contribution is 7.91. The van der Waals surface area contributed by atoms with Gasteiger partial charge >= 0.3 is 5.76 Å². The number of nitrogens with one attached hydrogen (secondary N) is 1. The summed E-state index contributed by atoms with van der Waals surface area (Å²) < 4.78 is 53.4. The van der Waals surface area contributed by atoms with Gasteiger partial charge in [-0.3, -0.25) is 4.79 Å². The second kappa shape index (κ2) is 7.59. The zero-order valence-corrected chi connectivity index (χ0v) is 15.4. The maximum Gasteiger partial charge on any atom is 0.341 e. The van der Waals surface area contributed by atoms with Crippen molar-refractivity contribution >= 4 is 33.0 Å². The van der Waals surface area contributed by atoms with E-state index >= 15 is 0 Å². The second-order valence-corrected chi connectivity index (χ2v) is 8.20. The fraction of sp³-hybridized carbons (Fsp3) is 0.235. The fourth-order valence-electron chi connectivity index (χ4n) is 1.96. The van der Waals surface area contributed by atoms with Gasteiger partial charge < -0.3 is 10.1 Å². The highest BCUT2D eigenvalue weighted by Crippen LogP contribution is 2.23. The van der Waals surface area contributed by atoms with Crippen molar-refractivity contribution in [3.8, 4) is 5.75 Å². The summed E-state index contributed by atoms with van der Waals surface area (Å²) in [7, 11) is -4.68. The Morgan fingerprint density at radius 3 is 2.12 bits per heavy atom. The van der Waals surface area contributed by atoms with Gasteiger partial charge in [0.25, 0.3) is 5.91 Å². The minimum atomic E-state index is -4.68. The number of rotatable bonds is 6. The van der Waals surface area contributed by atoms with Gasteiger partial charge in [-0.2, -0.15) is 8.78 Å². The maximum absolute atomic E-state index is 12.5. The summed E-state index contributed by atoms with van der Waals surface area (Å²) in [6.07, 6.45) is 0. The van der Waals surface area contributed by atoms with Crippen molar-refractivity contribution in [3.05, 3.63) is 53.6 Å². The molecule has 0 bridgehead atoms. The van der Waals surface area contributed by atoms with Gasteiger partial charge in [0.1, 0.15) is 5.75 Å². The normalized spacial score (nSPS) is 12.1. The molecule has 1 N–H and O–H groups in total. The highest BCUT2D eigenvalue weighted by Gasteiger charge is 2.30. The van der Waals surface area contributed by atoms with Crippen LogP contribution in [0.4, 0.5) is 14.5 Å². The van der Waals surface area contributed by atoms with E-state index in [1.165, 1.54) is 12.1 Å². The number of sulfone groups is 1. The molecule has 0 heterocycles. The van der Waals surface area contributed by atoms with Crippen molar-refractivity contribution in [1.82, 2.24) is 0 Å². The van der Waals surface area contributed by atoms with Crippen LogP contribution in [0.1, 0.15) is 13.8 Å². The summed E-state index contributed by atoms with van der Waals surface area (Å²) in [4.78, 5) is 11.9. The molecule has 0 saturated heterocycles. The molecule has 0 spiro atoms.